The second-order valence-electron chi connectivity index (χ2n) is 3.24. The summed E-state index contributed by atoms with van der Waals surface area (Å²) in [5.41, 5.74) is -5.43. The lowest BCUT2D eigenvalue weighted by atomic mass is 9.87. The predicted octanol–water partition coefficient (Wildman–Crippen LogP) is 1.00. The van der Waals surface area contributed by atoms with Crippen molar-refractivity contribution in [2.75, 3.05) is 14.2 Å². The van der Waals surface area contributed by atoms with E-state index in [1.807, 2.05) is 0 Å². The van der Waals surface area contributed by atoms with Crippen LogP contribution in [0.5, 0.6) is 0 Å². The van der Waals surface area contributed by atoms with Crippen LogP contribution < -0.4 is 0 Å². The molecule has 0 amide bonds. The van der Waals surface area contributed by atoms with E-state index in [4.69, 9.17) is 9.47 Å². The molecule has 16 heavy (non-hydrogen) atoms. The summed E-state index contributed by atoms with van der Waals surface area (Å²) in [6, 6.07) is 0. The first-order chi connectivity index (χ1) is 7.18. The van der Waals surface area contributed by atoms with Crippen LogP contribution in [0.25, 0.3) is 0 Å². The van der Waals surface area contributed by atoms with E-state index in [-0.39, 0.29) is 12.8 Å². The van der Waals surface area contributed by atoms with Crippen LogP contribution in [-0.2, 0) is 23.8 Å². The Morgan fingerprint density at radius 3 is 2.00 bits per heavy atom. The van der Waals surface area contributed by atoms with Gasteiger partial charge in [-0.2, -0.15) is 21.6 Å². The third-order valence-electron chi connectivity index (χ3n) is 2.46. The Balaban J connectivity index is 2.77. The van der Waals surface area contributed by atoms with E-state index in [0.29, 0.717) is 0 Å². The molecule has 9 heteroatoms. The molecule has 1 aliphatic rings. The fourth-order valence-electron chi connectivity index (χ4n) is 1.38. The van der Waals surface area contributed by atoms with Gasteiger partial charge in [0.15, 0.2) is 5.79 Å². The Bertz CT molecular complexity index is 340. The Labute approximate surface area is 90.6 Å². The zero-order chi connectivity index (χ0) is 12.6. The number of hydrogen-bond acceptors (Lipinski definition) is 5. The van der Waals surface area contributed by atoms with E-state index in [1.165, 1.54) is 14.2 Å². The summed E-state index contributed by atoms with van der Waals surface area (Å²) in [6.07, 6.45) is -0.871. The van der Waals surface area contributed by atoms with E-state index in [1.54, 1.807) is 0 Å². The molecule has 5 nitrogen and oxygen atoms in total. The maximum Gasteiger partial charge on any atom is 0.523 e. The van der Waals surface area contributed by atoms with Gasteiger partial charge in [0.25, 0.3) is 0 Å². The Morgan fingerprint density at radius 2 is 1.75 bits per heavy atom. The number of rotatable bonds is 4. The zero-order valence-corrected chi connectivity index (χ0v) is 9.39. The quantitative estimate of drug-likeness (QED) is 0.431. The van der Waals surface area contributed by atoms with Gasteiger partial charge in [-0.05, 0) is 6.42 Å². The molecule has 0 N–H and O–H groups in total. The predicted molar refractivity (Wildman–Crippen MR) is 45.8 cm³/mol. The Kier molecular flexibility index (Phi) is 3.53. The lowest BCUT2D eigenvalue weighted by molar-refractivity contribution is -0.299. The number of halogens is 3. The average molecular weight is 264 g/mol. The summed E-state index contributed by atoms with van der Waals surface area (Å²) >= 11 is 0. The molecule has 0 bridgehead atoms. The van der Waals surface area contributed by atoms with Gasteiger partial charge in [-0.15, -0.1) is 0 Å². The highest BCUT2D eigenvalue weighted by atomic mass is 32.2. The van der Waals surface area contributed by atoms with Crippen LogP contribution in [0, 0.1) is 0 Å². The van der Waals surface area contributed by atoms with Crippen molar-refractivity contribution >= 4 is 10.1 Å². The van der Waals surface area contributed by atoms with Gasteiger partial charge in [-0.3, -0.25) is 4.18 Å². The van der Waals surface area contributed by atoms with Gasteiger partial charge in [0.05, 0.1) is 0 Å². The van der Waals surface area contributed by atoms with Crippen molar-refractivity contribution in [2.24, 2.45) is 0 Å². The normalized spacial score (nSPS) is 25.2. The van der Waals surface area contributed by atoms with Crippen LogP contribution in [0.2, 0.25) is 0 Å². The van der Waals surface area contributed by atoms with Crippen molar-refractivity contribution in [3.05, 3.63) is 0 Å². The molecule has 0 aromatic carbocycles. The monoisotopic (exact) mass is 264 g/mol. The Hall–Kier alpha value is -0.380. The molecule has 0 saturated heterocycles. The molecule has 0 aromatic heterocycles. The van der Waals surface area contributed by atoms with Crippen molar-refractivity contribution in [1.82, 2.24) is 0 Å². The topological polar surface area (TPSA) is 61.8 Å². The smallest absolute Gasteiger partial charge is 0.351 e. The molecule has 1 fully saturated rings. The van der Waals surface area contributed by atoms with E-state index in [0.717, 1.165) is 0 Å². The van der Waals surface area contributed by atoms with Crippen LogP contribution >= 0.6 is 0 Å². The summed E-state index contributed by atoms with van der Waals surface area (Å²) in [5.74, 6) is -1.40. The van der Waals surface area contributed by atoms with E-state index < -0.39 is 27.5 Å². The summed E-state index contributed by atoms with van der Waals surface area (Å²) in [7, 11) is -3.19. The first-order valence-electron chi connectivity index (χ1n) is 4.28. The molecule has 0 spiro atoms. The number of alkyl halides is 3. The SMILES string of the molecule is COC1(OC)CCC1OS(=O)(=O)C(F)(F)F. The van der Waals surface area contributed by atoms with Crippen molar-refractivity contribution in [1.29, 1.82) is 0 Å². The lowest BCUT2D eigenvalue weighted by Gasteiger charge is -2.45. The molecule has 0 aromatic rings. The maximum atomic E-state index is 12.0. The lowest BCUT2D eigenvalue weighted by Crippen LogP contribution is -2.57. The molecular formula is C7H11F3O5S. The third-order valence-corrected chi connectivity index (χ3v) is 3.52. The van der Waals surface area contributed by atoms with Gasteiger partial charge in [-0.1, -0.05) is 0 Å². The second-order valence-corrected chi connectivity index (χ2v) is 4.81. The molecule has 0 aliphatic heterocycles. The molecule has 1 saturated carbocycles. The summed E-state index contributed by atoms with van der Waals surface area (Å²) in [6.45, 7) is 0. The minimum absolute atomic E-state index is 0.122. The summed E-state index contributed by atoms with van der Waals surface area (Å²) in [4.78, 5) is 0. The number of methoxy groups -OCH3 is 2. The highest BCUT2D eigenvalue weighted by molar-refractivity contribution is 7.87. The fraction of sp³-hybridized carbons (Fsp3) is 1.00. The van der Waals surface area contributed by atoms with E-state index >= 15 is 0 Å². The molecule has 1 aliphatic carbocycles. The molecule has 0 heterocycles. The molecular weight excluding hydrogens is 253 g/mol. The van der Waals surface area contributed by atoms with Gasteiger partial charge >= 0.3 is 15.6 Å². The molecule has 96 valence electrons. The second kappa shape index (κ2) is 4.13. The number of hydrogen-bond donors (Lipinski definition) is 0. The molecule has 0 radical (unpaired) electrons. The largest absolute Gasteiger partial charge is 0.523 e. The standard InChI is InChI=1S/C7H11F3O5S/c1-13-6(14-2)4-3-5(6)15-16(11,12)7(8,9)10/h5H,3-4H2,1-2H3. The van der Waals surface area contributed by atoms with Gasteiger partial charge < -0.3 is 9.47 Å². The van der Waals surface area contributed by atoms with Crippen molar-refractivity contribution in [3.63, 3.8) is 0 Å². The van der Waals surface area contributed by atoms with Crippen molar-refractivity contribution in [3.8, 4) is 0 Å². The van der Waals surface area contributed by atoms with Crippen LogP contribution in [0.3, 0.4) is 0 Å². The Morgan fingerprint density at radius 1 is 1.25 bits per heavy atom. The van der Waals surface area contributed by atoms with Gasteiger partial charge in [0.1, 0.15) is 6.10 Å². The highest BCUT2D eigenvalue weighted by Gasteiger charge is 2.56. The fourth-order valence-corrected chi connectivity index (χ4v) is 2.03. The van der Waals surface area contributed by atoms with Gasteiger partial charge in [-0.25, -0.2) is 0 Å². The first kappa shape index (κ1) is 13.7. The van der Waals surface area contributed by atoms with Gasteiger partial charge in [0.2, 0.25) is 0 Å². The van der Waals surface area contributed by atoms with Crippen LogP contribution in [0.4, 0.5) is 13.2 Å². The minimum atomic E-state index is -5.61. The van der Waals surface area contributed by atoms with Crippen LogP contribution in [0.1, 0.15) is 12.8 Å². The molecule has 1 rings (SSSR count). The first-order valence-corrected chi connectivity index (χ1v) is 5.69. The minimum Gasteiger partial charge on any atom is -0.351 e. The van der Waals surface area contributed by atoms with E-state index in [2.05, 4.69) is 4.18 Å². The van der Waals surface area contributed by atoms with Crippen LogP contribution in [0.15, 0.2) is 0 Å². The van der Waals surface area contributed by atoms with Gasteiger partial charge in [0, 0.05) is 20.6 Å². The highest BCUT2D eigenvalue weighted by Crippen LogP contribution is 2.41. The molecule has 1 unspecified atom stereocenters. The van der Waals surface area contributed by atoms with Crippen molar-refractivity contribution < 1.29 is 35.2 Å². The average Bonchev–Trinajstić information content (AvgIpc) is 2.13. The third kappa shape index (κ3) is 2.17. The van der Waals surface area contributed by atoms with Crippen molar-refractivity contribution in [2.45, 2.75) is 30.2 Å². The molecule has 1 atom stereocenters. The number of ether oxygens (including phenoxy) is 2. The summed E-state index contributed by atoms with van der Waals surface area (Å²) < 4.78 is 71.2. The zero-order valence-electron chi connectivity index (χ0n) is 8.57. The van der Waals surface area contributed by atoms with E-state index in [9.17, 15) is 21.6 Å². The maximum absolute atomic E-state index is 12.0. The van der Waals surface area contributed by atoms with Crippen LogP contribution in [-0.4, -0.2) is 40.0 Å². The summed E-state index contributed by atoms with van der Waals surface area (Å²) in [5, 5.41) is 0.